The quantitative estimate of drug-likeness (QED) is 0.859. The normalized spacial score (nSPS) is 13.3. The highest BCUT2D eigenvalue weighted by molar-refractivity contribution is 6.02. The van der Waals surface area contributed by atoms with E-state index in [4.69, 9.17) is 9.47 Å². The highest BCUT2D eigenvalue weighted by Crippen LogP contribution is 2.29. The maximum absolute atomic E-state index is 12.6. The Kier molecular flexibility index (Phi) is 4.29. The van der Waals surface area contributed by atoms with E-state index in [9.17, 15) is 9.90 Å². The molecule has 0 aliphatic carbocycles. The molecule has 0 amide bonds. The van der Waals surface area contributed by atoms with Crippen molar-refractivity contribution < 1.29 is 19.4 Å². The number of aliphatic hydroxyl groups is 1. The average molecular weight is 286 g/mol. The van der Waals surface area contributed by atoms with Crippen LogP contribution in [0.4, 0.5) is 0 Å². The highest BCUT2D eigenvalue weighted by Gasteiger charge is 2.33. The van der Waals surface area contributed by atoms with E-state index >= 15 is 0 Å². The summed E-state index contributed by atoms with van der Waals surface area (Å²) in [6.07, 6.45) is 0. The molecule has 4 heteroatoms. The van der Waals surface area contributed by atoms with Gasteiger partial charge in [-0.1, -0.05) is 24.3 Å². The standard InChI is InChI=1S/C17H18O4/c1-17(19,13-7-5-9-15(11-13)21-3)16(18)12-6-4-8-14(10-12)20-2/h4-11,19H,1-3H3. The van der Waals surface area contributed by atoms with Gasteiger partial charge in [-0.2, -0.15) is 0 Å². The van der Waals surface area contributed by atoms with Crippen LogP contribution in [-0.4, -0.2) is 25.1 Å². The number of methoxy groups -OCH3 is 2. The molecular weight excluding hydrogens is 268 g/mol. The first-order valence-corrected chi connectivity index (χ1v) is 6.55. The molecule has 2 aromatic carbocycles. The van der Waals surface area contributed by atoms with Crippen LogP contribution in [0.1, 0.15) is 22.8 Å². The van der Waals surface area contributed by atoms with E-state index in [0.717, 1.165) is 0 Å². The Hall–Kier alpha value is -2.33. The Morgan fingerprint density at radius 1 is 1.00 bits per heavy atom. The lowest BCUT2D eigenvalue weighted by molar-refractivity contribution is 0.0391. The van der Waals surface area contributed by atoms with E-state index in [1.54, 1.807) is 48.5 Å². The smallest absolute Gasteiger partial charge is 0.198 e. The van der Waals surface area contributed by atoms with Gasteiger partial charge in [0.15, 0.2) is 5.78 Å². The summed E-state index contributed by atoms with van der Waals surface area (Å²) in [5.41, 5.74) is -0.766. The molecule has 1 atom stereocenters. The fourth-order valence-electron chi connectivity index (χ4n) is 2.10. The lowest BCUT2D eigenvalue weighted by Crippen LogP contribution is -2.32. The van der Waals surface area contributed by atoms with Crippen molar-refractivity contribution in [1.29, 1.82) is 0 Å². The van der Waals surface area contributed by atoms with Crippen molar-refractivity contribution in [3.8, 4) is 11.5 Å². The SMILES string of the molecule is COc1cccc(C(=O)C(C)(O)c2cccc(OC)c2)c1. The summed E-state index contributed by atoms with van der Waals surface area (Å²) < 4.78 is 10.2. The van der Waals surface area contributed by atoms with Gasteiger partial charge in [0, 0.05) is 5.56 Å². The number of rotatable bonds is 5. The number of carbonyl (C=O) groups excluding carboxylic acids is 1. The molecule has 0 bridgehead atoms. The van der Waals surface area contributed by atoms with Crippen LogP contribution >= 0.6 is 0 Å². The van der Waals surface area contributed by atoms with Gasteiger partial charge < -0.3 is 14.6 Å². The van der Waals surface area contributed by atoms with Gasteiger partial charge in [-0.15, -0.1) is 0 Å². The summed E-state index contributed by atoms with van der Waals surface area (Å²) in [5.74, 6) is 0.767. The summed E-state index contributed by atoms with van der Waals surface area (Å²) in [6.45, 7) is 1.48. The van der Waals surface area contributed by atoms with Crippen molar-refractivity contribution in [1.82, 2.24) is 0 Å². The fourth-order valence-corrected chi connectivity index (χ4v) is 2.10. The number of ether oxygens (including phenoxy) is 2. The first-order chi connectivity index (χ1) is 9.98. The molecule has 0 saturated carbocycles. The summed E-state index contributed by atoms with van der Waals surface area (Å²) in [7, 11) is 3.07. The van der Waals surface area contributed by atoms with Crippen LogP contribution in [0, 0.1) is 0 Å². The van der Waals surface area contributed by atoms with Gasteiger partial charge in [0.05, 0.1) is 14.2 Å². The summed E-state index contributed by atoms with van der Waals surface area (Å²) in [5, 5.41) is 10.6. The average Bonchev–Trinajstić information content (AvgIpc) is 2.54. The Morgan fingerprint density at radius 3 is 2.19 bits per heavy atom. The van der Waals surface area contributed by atoms with E-state index in [1.165, 1.54) is 21.1 Å². The van der Waals surface area contributed by atoms with Crippen molar-refractivity contribution in [3.63, 3.8) is 0 Å². The minimum atomic E-state index is -1.64. The Bertz CT molecular complexity index is 647. The van der Waals surface area contributed by atoms with E-state index in [-0.39, 0.29) is 0 Å². The second kappa shape index (κ2) is 5.97. The fraction of sp³-hybridized carbons (Fsp3) is 0.235. The molecule has 110 valence electrons. The number of hydrogen-bond donors (Lipinski definition) is 1. The first-order valence-electron chi connectivity index (χ1n) is 6.55. The van der Waals surface area contributed by atoms with Crippen LogP contribution < -0.4 is 9.47 Å². The van der Waals surface area contributed by atoms with Crippen LogP contribution in [0.25, 0.3) is 0 Å². The number of ketones is 1. The second-order valence-electron chi connectivity index (χ2n) is 4.87. The number of carbonyl (C=O) groups is 1. The van der Waals surface area contributed by atoms with E-state index in [0.29, 0.717) is 22.6 Å². The van der Waals surface area contributed by atoms with Crippen molar-refractivity contribution in [3.05, 3.63) is 59.7 Å². The van der Waals surface area contributed by atoms with Crippen molar-refractivity contribution in [2.24, 2.45) is 0 Å². The molecule has 4 nitrogen and oxygen atoms in total. The van der Waals surface area contributed by atoms with Gasteiger partial charge in [0.25, 0.3) is 0 Å². The lowest BCUT2D eigenvalue weighted by Gasteiger charge is -2.23. The van der Waals surface area contributed by atoms with Crippen LogP contribution in [-0.2, 0) is 5.60 Å². The maximum Gasteiger partial charge on any atom is 0.198 e. The van der Waals surface area contributed by atoms with Crippen LogP contribution in [0.3, 0.4) is 0 Å². The van der Waals surface area contributed by atoms with Gasteiger partial charge in [-0.25, -0.2) is 0 Å². The number of Topliss-reactive ketones (excluding diaryl/α,β-unsaturated/α-hetero) is 1. The highest BCUT2D eigenvalue weighted by atomic mass is 16.5. The number of hydrogen-bond acceptors (Lipinski definition) is 4. The Morgan fingerprint density at radius 2 is 1.57 bits per heavy atom. The van der Waals surface area contributed by atoms with E-state index in [2.05, 4.69) is 0 Å². The van der Waals surface area contributed by atoms with Crippen LogP contribution in [0.5, 0.6) is 11.5 Å². The molecule has 0 saturated heterocycles. The molecule has 0 aliphatic rings. The third kappa shape index (κ3) is 3.06. The second-order valence-corrected chi connectivity index (χ2v) is 4.87. The Labute approximate surface area is 123 Å². The third-order valence-corrected chi connectivity index (χ3v) is 3.41. The summed E-state index contributed by atoms with van der Waals surface area (Å²) in [4.78, 5) is 12.6. The molecule has 0 radical (unpaired) electrons. The molecule has 21 heavy (non-hydrogen) atoms. The molecule has 0 spiro atoms. The maximum atomic E-state index is 12.6. The van der Waals surface area contributed by atoms with Gasteiger partial charge in [0.2, 0.25) is 0 Å². The summed E-state index contributed by atoms with van der Waals surface area (Å²) in [6, 6.07) is 13.6. The molecule has 2 aromatic rings. The monoisotopic (exact) mass is 286 g/mol. The minimum absolute atomic E-state index is 0.391. The van der Waals surface area contributed by atoms with Gasteiger partial charge in [-0.3, -0.25) is 4.79 Å². The third-order valence-electron chi connectivity index (χ3n) is 3.41. The Balaban J connectivity index is 2.39. The molecular formula is C17H18O4. The zero-order chi connectivity index (χ0) is 15.5. The van der Waals surface area contributed by atoms with Crippen molar-refractivity contribution >= 4 is 5.78 Å². The molecule has 1 N–H and O–H groups in total. The molecule has 0 aliphatic heterocycles. The molecule has 0 fully saturated rings. The molecule has 0 aromatic heterocycles. The van der Waals surface area contributed by atoms with E-state index < -0.39 is 11.4 Å². The summed E-state index contributed by atoms with van der Waals surface area (Å²) >= 11 is 0. The molecule has 0 heterocycles. The zero-order valence-electron chi connectivity index (χ0n) is 12.3. The van der Waals surface area contributed by atoms with E-state index in [1.807, 2.05) is 0 Å². The van der Waals surface area contributed by atoms with Gasteiger partial charge in [-0.05, 0) is 36.8 Å². The van der Waals surface area contributed by atoms with Gasteiger partial charge >= 0.3 is 0 Å². The van der Waals surface area contributed by atoms with Crippen molar-refractivity contribution in [2.45, 2.75) is 12.5 Å². The van der Waals surface area contributed by atoms with Gasteiger partial charge in [0.1, 0.15) is 17.1 Å². The largest absolute Gasteiger partial charge is 0.497 e. The zero-order valence-corrected chi connectivity index (χ0v) is 12.3. The first kappa shape index (κ1) is 15.1. The van der Waals surface area contributed by atoms with Crippen LogP contribution in [0.2, 0.25) is 0 Å². The molecule has 1 unspecified atom stereocenters. The predicted octanol–water partition coefficient (Wildman–Crippen LogP) is 2.79. The minimum Gasteiger partial charge on any atom is -0.497 e. The van der Waals surface area contributed by atoms with Crippen LogP contribution in [0.15, 0.2) is 48.5 Å². The lowest BCUT2D eigenvalue weighted by atomic mass is 9.87. The van der Waals surface area contributed by atoms with Crippen molar-refractivity contribution in [2.75, 3.05) is 14.2 Å². The number of benzene rings is 2. The predicted molar refractivity (Wildman–Crippen MR) is 79.9 cm³/mol. The topological polar surface area (TPSA) is 55.8 Å². The molecule has 2 rings (SSSR count).